The number of aliphatic hydroxyl groups excluding tert-OH is 3. The van der Waals surface area contributed by atoms with Crippen molar-refractivity contribution in [1.29, 1.82) is 0 Å². The van der Waals surface area contributed by atoms with Gasteiger partial charge in [0.1, 0.15) is 18.3 Å². The second kappa shape index (κ2) is 11.2. The van der Waals surface area contributed by atoms with Gasteiger partial charge in [-0.15, -0.1) is 0 Å². The summed E-state index contributed by atoms with van der Waals surface area (Å²) in [6, 6.07) is 13.2. The number of anilines is 1. The normalized spacial score (nSPS) is 22.1. The predicted octanol–water partition coefficient (Wildman–Crippen LogP) is 1.60. The molecule has 1 aliphatic heterocycles. The second-order valence-electron chi connectivity index (χ2n) is 8.87. The minimum Gasteiger partial charge on any atom is -0.493 e. The molecule has 35 heavy (non-hydrogen) atoms. The van der Waals surface area contributed by atoms with Gasteiger partial charge >= 0.3 is 0 Å². The fourth-order valence-electron chi connectivity index (χ4n) is 4.21. The first-order chi connectivity index (χ1) is 16.9. The van der Waals surface area contributed by atoms with Crippen LogP contribution in [0.5, 0.6) is 11.5 Å². The van der Waals surface area contributed by atoms with Gasteiger partial charge in [-0.2, -0.15) is 0 Å². The zero-order valence-corrected chi connectivity index (χ0v) is 20.3. The first kappa shape index (κ1) is 25.2. The largest absolute Gasteiger partial charge is 0.493 e. The lowest BCUT2D eigenvalue weighted by atomic mass is 10.1. The molecule has 0 amide bonds. The Bertz CT molecular complexity index is 1120. The van der Waals surface area contributed by atoms with Gasteiger partial charge in [-0.05, 0) is 50.3 Å². The summed E-state index contributed by atoms with van der Waals surface area (Å²) in [5.74, 6) is 1.81. The summed E-state index contributed by atoms with van der Waals surface area (Å²) < 4.78 is 18.9. The molecule has 0 bridgehead atoms. The van der Waals surface area contributed by atoms with Gasteiger partial charge in [-0.1, -0.05) is 18.2 Å². The van der Waals surface area contributed by atoms with Gasteiger partial charge in [0.2, 0.25) is 5.95 Å². The molecule has 1 aliphatic rings. The molecule has 10 nitrogen and oxygen atoms in total. The highest BCUT2D eigenvalue weighted by Crippen LogP contribution is 2.35. The third kappa shape index (κ3) is 5.52. The Balaban J connectivity index is 1.55. The molecule has 4 N–H and O–H groups in total. The Morgan fingerprint density at radius 1 is 1.11 bits per heavy atom. The van der Waals surface area contributed by atoms with Crippen LogP contribution < -0.4 is 14.8 Å². The Kier molecular flexibility index (Phi) is 8.09. The van der Waals surface area contributed by atoms with Crippen molar-refractivity contribution < 1.29 is 29.5 Å². The van der Waals surface area contributed by atoms with Crippen LogP contribution in [0.1, 0.15) is 18.2 Å². The summed E-state index contributed by atoms with van der Waals surface area (Å²) in [5.41, 5.74) is 2.41. The van der Waals surface area contributed by atoms with Crippen LogP contribution in [-0.2, 0) is 11.3 Å². The summed E-state index contributed by atoms with van der Waals surface area (Å²) in [6.07, 6.45) is -3.30. The van der Waals surface area contributed by atoms with Gasteiger partial charge in [0.15, 0.2) is 17.7 Å². The van der Waals surface area contributed by atoms with E-state index in [-0.39, 0.29) is 0 Å². The number of para-hydroxylation sites is 2. The fraction of sp³-hybridized carbons (Fsp3) is 0.480. The van der Waals surface area contributed by atoms with Crippen molar-refractivity contribution in [2.45, 2.75) is 37.5 Å². The maximum absolute atomic E-state index is 10.6. The van der Waals surface area contributed by atoms with E-state index in [4.69, 9.17) is 14.2 Å². The number of fused-ring (bicyclic) bond motifs is 1. The van der Waals surface area contributed by atoms with Gasteiger partial charge in [0.05, 0.1) is 31.4 Å². The number of nitrogens with one attached hydrogen (secondary N) is 1. The van der Waals surface area contributed by atoms with Crippen LogP contribution in [0.3, 0.4) is 0 Å². The molecular formula is C25H34N4O6. The highest BCUT2D eigenvalue weighted by atomic mass is 16.6. The monoisotopic (exact) mass is 486 g/mol. The van der Waals surface area contributed by atoms with Gasteiger partial charge in [0.25, 0.3) is 0 Å². The van der Waals surface area contributed by atoms with E-state index in [1.54, 1.807) is 11.7 Å². The third-order valence-corrected chi connectivity index (χ3v) is 6.05. The first-order valence-electron chi connectivity index (χ1n) is 11.7. The Hall–Kier alpha value is -2.89. The van der Waals surface area contributed by atoms with Crippen molar-refractivity contribution >= 4 is 17.0 Å². The molecule has 2 aromatic carbocycles. The lowest BCUT2D eigenvalue weighted by Gasteiger charge is -2.20. The Labute approximate surface area is 204 Å². The van der Waals surface area contributed by atoms with Crippen molar-refractivity contribution in [3.05, 3.63) is 48.0 Å². The number of nitrogens with zero attached hydrogens (tertiary/aromatic N) is 3. The molecule has 1 saturated heterocycles. The van der Waals surface area contributed by atoms with Crippen molar-refractivity contribution in [3.8, 4) is 11.5 Å². The third-order valence-electron chi connectivity index (χ3n) is 6.05. The minimum absolute atomic E-state index is 0.396. The number of imidazole rings is 1. The molecule has 2 heterocycles. The minimum atomic E-state index is -1.21. The molecule has 0 unspecified atom stereocenters. The number of methoxy groups -OCH3 is 1. The van der Waals surface area contributed by atoms with Crippen LogP contribution in [0.25, 0.3) is 11.0 Å². The summed E-state index contributed by atoms with van der Waals surface area (Å²) in [7, 11) is 5.67. The number of hydrogen-bond donors (Lipinski definition) is 4. The molecule has 0 spiro atoms. The lowest BCUT2D eigenvalue weighted by Crippen LogP contribution is -2.33. The molecule has 4 rings (SSSR count). The van der Waals surface area contributed by atoms with Gasteiger partial charge in [-0.25, -0.2) is 4.98 Å². The van der Waals surface area contributed by atoms with Crippen molar-refractivity contribution in [1.82, 2.24) is 14.5 Å². The zero-order valence-electron chi connectivity index (χ0n) is 20.3. The number of hydrogen-bond acceptors (Lipinski definition) is 9. The van der Waals surface area contributed by atoms with Crippen LogP contribution >= 0.6 is 0 Å². The summed E-state index contributed by atoms with van der Waals surface area (Å²) in [4.78, 5) is 6.78. The number of benzene rings is 2. The van der Waals surface area contributed by atoms with E-state index >= 15 is 0 Å². The summed E-state index contributed by atoms with van der Waals surface area (Å²) in [6.45, 7) is 1.54. The fourth-order valence-corrected chi connectivity index (χ4v) is 4.21. The number of rotatable bonds is 11. The van der Waals surface area contributed by atoms with E-state index in [0.717, 1.165) is 24.0 Å². The summed E-state index contributed by atoms with van der Waals surface area (Å²) >= 11 is 0. The Morgan fingerprint density at radius 2 is 1.91 bits per heavy atom. The molecule has 1 fully saturated rings. The smallest absolute Gasteiger partial charge is 0.206 e. The van der Waals surface area contributed by atoms with E-state index in [1.165, 1.54) is 0 Å². The molecule has 10 heteroatoms. The topological polar surface area (TPSA) is 121 Å². The number of aromatic nitrogens is 2. The molecule has 0 aliphatic carbocycles. The average Bonchev–Trinajstić information content (AvgIpc) is 3.36. The predicted molar refractivity (Wildman–Crippen MR) is 132 cm³/mol. The molecule has 3 aromatic rings. The first-order valence-corrected chi connectivity index (χ1v) is 11.7. The lowest BCUT2D eigenvalue weighted by molar-refractivity contribution is -0.0499. The van der Waals surface area contributed by atoms with Gasteiger partial charge in [-0.3, -0.25) is 4.57 Å². The van der Waals surface area contributed by atoms with E-state index in [2.05, 4.69) is 15.2 Å². The second-order valence-corrected chi connectivity index (χ2v) is 8.87. The van der Waals surface area contributed by atoms with Crippen LogP contribution in [0.4, 0.5) is 5.95 Å². The van der Waals surface area contributed by atoms with E-state index < -0.39 is 31.1 Å². The van der Waals surface area contributed by atoms with E-state index in [9.17, 15) is 15.3 Å². The molecule has 1 aromatic heterocycles. The molecule has 0 radical (unpaired) electrons. The van der Waals surface area contributed by atoms with Crippen LogP contribution in [0, 0.1) is 0 Å². The molecule has 190 valence electrons. The van der Waals surface area contributed by atoms with Gasteiger partial charge < -0.3 is 39.7 Å². The average molecular weight is 487 g/mol. The van der Waals surface area contributed by atoms with Crippen molar-refractivity contribution in [2.24, 2.45) is 0 Å². The number of ether oxygens (including phenoxy) is 3. The summed E-state index contributed by atoms with van der Waals surface area (Å²) in [5, 5.41) is 33.8. The van der Waals surface area contributed by atoms with E-state index in [1.807, 2.05) is 56.6 Å². The number of aliphatic hydroxyl groups is 3. The van der Waals surface area contributed by atoms with Crippen molar-refractivity contribution in [2.75, 3.05) is 46.3 Å². The quantitative estimate of drug-likeness (QED) is 0.299. The van der Waals surface area contributed by atoms with Crippen LogP contribution in [0.2, 0.25) is 0 Å². The highest BCUT2D eigenvalue weighted by molar-refractivity contribution is 5.78. The molecular weight excluding hydrogens is 452 g/mol. The maximum atomic E-state index is 10.6. The van der Waals surface area contributed by atoms with Crippen LogP contribution in [0.15, 0.2) is 42.5 Å². The van der Waals surface area contributed by atoms with E-state index in [0.29, 0.717) is 36.1 Å². The van der Waals surface area contributed by atoms with Gasteiger partial charge in [0, 0.05) is 13.1 Å². The van der Waals surface area contributed by atoms with Crippen LogP contribution in [-0.4, -0.2) is 89.0 Å². The standard InChI is InChI=1S/C25H34N4O6/c1-28(2)11-6-12-34-20-13-16(9-10-19(20)33-3)14-26-25-27-17-7-4-5-8-18(17)29(25)24-23(32)22(31)21(15-30)35-24/h4-5,7-10,13,21-24,30-32H,6,11-12,14-15H2,1-3H3,(H,26,27)/t21-,22-,23-,24-/m1/s1. The highest BCUT2D eigenvalue weighted by Gasteiger charge is 2.44. The molecule has 4 atom stereocenters. The molecule has 0 saturated carbocycles. The zero-order chi connectivity index (χ0) is 24.9. The Morgan fingerprint density at radius 3 is 2.63 bits per heavy atom. The maximum Gasteiger partial charge on any atom is 0.206 e. The van der Waals surface area contributed by atoms with Crippen molar-refractivity contribution in [3.63, 3.8) is 0 Å². The SMILES string of the molecule is COc1ccc(CNc2nc3ccccc3n2[C@@H]2O[C@H](CO)[C@@H](O)[C@H]2O)cc1OCCCN(C)C.